The highest BCUT2D eigenvalue weighted by Gasteiger charge is 2.09. The van der Waals surface area contributed by atoms with Crippen molar-refractivity contribution in [2.45, 2.75) is 13.5 Å². The molecule has 1 amide bonds. The van der Waals surface area contributed by atoms with E-state index in [9.17, 15) is 4.79 Å². The molecule has 2 aromatic heterocycles. The Kier molecular flexibility index (Phi) is 4.72. The van der Waals surface area contributed by atoms with Gasteiger partial charge in [-0.3, -0.25) is 4.79 Å². The van der Waals surface area contributed by atoms with E-state index in [2.05, 4.69) is 25.8 Å². The fourth-order valence-corrected chi connectivity index (χ4v) is 2.18. The second-order valence-corrected chi connectivity index (χ2v) is 5.42. The molecule has 0 aliphatic heterocycles. The Balaban J connectivity index is 1.60. The Morgan fingerprint density at radius 1 is 1.21 bits per heavy atom. The largest absolute Gasteiger partial charge is 0.360 e. The number of benzene rings is 1. The molecule has 0 spiro atoms. The molecule has 0 saturated carbocycles. The zero-order valence-electron chi connectivity index (χ0n) is 12.8. The Bertz CT molecular complexity index is 848. The van der Waals surface area contributed by atoms with Gasteiger partial charge in [0.2, 0.25) is 0 Å². The molecule has 2 N–H and O–H groups in total. The number of carbonyl (C=O) groups excluding carboxylic acids is 1. The van der Waals surface area contributed by atoms with E-state index in [0.717, 1.165) is 5.56 Å². The maximum atomic E-state index is 12.1. The van der Waals surface area contributed by atoms with Gasteiger partial charge >= 0.3 is 0 Å². The summed E-state index contributed by atoms with van der Waals surface area (Å²) in [4.78, 5) is 20.3. The Morgan fingerprint density at radius 3 is 2.71 bits per heavy atom. The number of nitrogens with zero attached hydrogens (tertiary/aromatic N) is 3. The van der Waals surface area contributed by atoms with Crippen LogP contribution < -0.4 is 10.6 Å². The molecule has 0 saturated heterocycles. The first-order valence-electron chi connectivity index (χ1n) is 7.16. The lowest BCUT2D eigenvalue weighted by Crippen LogP contribution is -2.24. The predicted molar refractivity (Wildman–Crippen MR) is 89.2 cm³/mol. The first-order chi connectivity index (χ1) is 11.6. The van der Waals surface area contributed by atoms with Crippen molar-refractivity contribution in [1.29, 1.82) is 0 Å². The number of nitrogens with one attached hydrogen (secondary N) is 2. The lowest BCUT2D eigenvalue weighted by atomic mass is 10.2. The fourth-order valence-electron chi connectivity index (χ4n) is 1.97. The van der Waals surface area contributed by atoms with E-state index in [4.69, 9.17) is 16.1 Å². The minimum atomic E-state index is -0.328. The van der Waals surface area contributed by atoms with E-state index in [1.54, 1.807) is 19.1 Å². The molecule has 24 heavy (non-hydrogen) atoms. The maximum absolute atomic E-state index is 12.1. The van der Waals surface area contributed by atoms with E-state index in [1.807, 2.05) is 18.2 Å². The number of aryl methyl sites for hydroxylation is 1. The van der Waals surface area contributed by atoms with Crippen LogP contribution in [0, 0.1) is 6.92 Å². The highest BCUT2D eigenvalue weighted by atomic mass is 35.5. The molecule has 2 heterocycles. The standard InChI is InChI=1S/C16H14ClN5O2/c1-10-6-14(22-24-10)21-15-9-18-13(8-19-15)16(23)20-7-11-4-2-3-5-12(11)17/h2-6,8-9H,7H2,1H3,(H,20,23)(H,19,21,22). The van der Waals surface area contributed by atoms with Gasteiger partial charge in [0.05, 0.1) is 12.4 Å². The van der Waals surface area contributed by atoms with Crippen molar-refractivity contribution in [2.75, 3.05) is 5.32 Å². The van der Waals surface area contributed by atoms with Gasteiger partial charge in [0.25, 0.3) is 5.91 Å². The van der Waals surface area contributed by atoms with Gasteiger partial charge in [-0.25, -0.2) is 9.97 Å². The second-order valence-electron chi connectivity index (χ2n) is 5.01. The number of halogens is 1. The first kappa shape index (κ1) is 15.9. The lowest BCUT2D eigenvalue weighted by molar-refractivity contribution is 0.0945. The van der Waals surface area contributed by atoms with Gasteiger partial charge in [-0.2, -0.15) is 0 Å². The summed E-state index contributed by atoms with van der Waals surface area (Å²) in [5.41, 5.74) is 1.05. The number of rotatable bonds is 5. The maximum Gasteiger partial charge on any atom is 0.271 e. The van der Waals surface area contributed by atoms with Crippen LogP contribution in [0.2, 0.25) is 5.02 Å². The third kappa shape index (κ3) is 3.88. The van der Waals surface area contributed by atoms with E-state index < -0.39 is 0 Å². The van der Waals surface area contributed by atoms with E-state index in [1.165, 1.54) is 12.4 Å². The van der Waals surface area contributed by atoms with Crippen LogP contribution in [0.5, 0.6) is 0 Å². The molecule has 3 aromatic rings. The topological polar surface area (TPSA) is 92.9 Å². The Morgan fingerprint density at radius 2 is 2.04 bits per heavy atom. The summed E-state index contributed by atoms with van der Waals surface area (Å²) >= 11 is 6.05. The summed E-state index contributed by atoms with van der Waals surface area (Å²) in [6, 6.07) is 9.04. The molecule has 3 rings (SSSR count). The molecule has 0 unspecified atom stereocenters. The van der Waals surface area contributed by atoms with Crippen LogP contribution >= 0.6 is 11.6 Å². The average molecular weight is 344 g/mol. The molecule has 0 aliphatic rings. The number of anilines is 2. The van der Waals surface area contributed by atoms with Crippen LogP contribution in [0.15, 0.2) is 47.2 Å². The summed E-state index contributed by atoms with van der Waals surface area (Å²) in [6.45, 7) is 2.11. The molecule has 0 aliphatic carbocycles. The zero-order chi connectivity index (χ0) is 16.9. The van der Waals surface area contributed by atoms with Crippen LogP contribution in [0.1, 0.15) is 21.8 Å². The molecular formula is C16H14ClN5O2. The van der Waals surface area contributed by atoms with Crippen molar-refractivity contribution in [3.05, 3.63) is 64.8 Å². The number of amides is 1. The molecular weight excluding hydrogens is 330 g/mol. The number of aromatic nitrogens is 3. The molecule has 0 atom stereocenters. The monoisotopic (exact) mass is 343 g/mol. The van der Waals surface area contributed by atoms with Gasteiger partial charge in [0.1, 0.15) is 17.3 Å². The first-order valence-corrected chi connectivity index (χ1v) is 7.53. The second kappa shape index (κ2) is 7.10. The van der Waals surface area contributed by atoms with Gasteiger partial charge < -0.3 is 15.2 Å². The van der Waals surface area contributed by atoms with Gasteiger partial charge in [0, 0.05) is 17.6 Å². The normalized spacial score (nSPS) is 10.4. The molecule has 0 radical (unpaired) electrons. The van der Waals surface area contributed by atoms with Crippen molar-refractivity contribution in [1.82, 2.24) is 20.4 Å². The lowest BCUT2D eigenvalue weighted by Gasteiger charge is -2.07. The van der Waals surface area contributed by atoms with Crippen molar-refractivity contribution in [2.24, 2.45) is 0 Å². The molecule has 8 heteroatoms. The average Bonchev–Trinajstić information content (AvgIpc) is 2.99. The zero-order valence-corrected chi connectivity index (χ0v) is 13.5. The van der Waals surface area contributed by atoms with Crippen molar-refractivity contribution in [3.63, 3.8) is 0 Å². The smallest absolute Gasteiger partial charge is 0.271 e. The fraction of sp³-hybridized carbons (Fsp3) is 0.125. The van der Waals surface area contributed by atoms with Crippen LogP contribution in [-0.4, -0.2) is 21.0 Å². The summed E-state index contributed by atoms with van der Waals surface area (Å²) in [7, 11) is 0. The van der Waals surface area contributed by atoms with Gasteiger partial charge in [-0.1, -0.05) is 35.0 Å². The van der Waals surface area contributed by atoms with E-state index in [-0.39, 0.29) is 11.6 Å². The summed E-state index contributed by atoms with van der Waals surface area (Å²) < 4.78 is 4.95. The Labute approximate surface area is 143 Å². The quantitative estimate of drug-likeness (QED) is 0.739. The van der Waals surface area contributed by atoms with E-state index >= 15 is 0 Å². The molecule has 0 bridgehead atoms. The van der Waals surface area contributed by atoms with Crippen LogP contribution in [0.3, 0.4) is 0 Å². The molecule has 122 valence electrons. The van der Waals surface area contributed by atoms with Crippen LogP contribution in [-0.2, 0) is 6.54 Å². The van der Waals surface area contributed by atoms with Gasteiger partial charge in [0.15, 0.2) is 5.82 Å². The van der Waals surface area contributed by atoms with Crippen molar-refractivity contribution < 1.29 is 9.32 Å². The predicted octanol–water partition coefficient (Wildman–Crippen LogP) is 3.10. The molecule has 7 nitrogen and oxygen atoms in total. The van der Waals surface area contributed by atoms with Crippen LogP contribution in [0.25, 0.3) is 0 Å². The number of hydrogen-bond acceptors (Lipinski definition) is 6. The van der Waals surface area contributed by atoms with Crippen LogP contribution in [0.4, 0.5) is 11.6 Å². The Hall–Kier alpha value is -2.93. The highest BCUT2D eigenvalue weighted by Crippen LogP contribution is 2.15. The molecule has 0 fully saturated rings. The summed E-state index contributed by atoms with van der Waals surface area (Å²) in [5, 5.41) is 10.1. The van der Waals surface area contributed by atoms with Gasteiger partial charge in [-0.05, 0) is 18.6 Å². The number of carbonyl (C=O) groups is 1. The third-order valence-electron chi connectivity index (χ3n) is 3.17. The van der Waals surface area contributed by atoms with Gasteiger partial charge in [-0.15, -0.1) is 0 Å². The molecule has 1 aromatic carbocycles. The van der Waals surface area contributed by atoms with E-state index in [0.29, 0.717) is 29.0 Å². The highest BCUT2D eigenvalue weighted by molar-refractivity contribution is 6.31. The SMILES string of the molecule is Cc1cc(Nc2cnc(C(=O)NCc3ccccc3Cl)cn2)no1. The third-order valence-corrected chi connectivity index (χ3v) is 3.53. The minimum Gasteiger partial charge on any atom is -0.360 e. The summed E-state index contributed by atoms with van der Waals surface area (Å²) in [5.74, 6) is 1.34. The minimum absolute atomic E-state index is 0.212. The van der Waals surface area contributed by atoms with Crippen molar-refractivity contribution >= 4 is 29.1 Å². The number of hydrogen-bond donors (Lipinski definition) is 2. The van der Waals surface area contributed by atoms with Crippen molar-refractivity contribution in [3.8, 4) is 0 Å². The summed E-state index contributed by atoms with van der Waals surface area (Å²) in [6.07, 6.45) is 2.84.